The van der Waals surface area contributed by atoms with Gasteiger partial charge in [-0.05, 0) is 12.8 Å². The molecule has 0 spiro atoms. The molecule has 0 aromatic carbocycles. The lowest BCUT2D eigenvalue weighted by Crippen LogP contribution is -2.25. The molecule has 1 aromatic heterocycles. The molecule has 0 unspecified atom stereocenters. The Bertz CT molecular complexity index is 456. The quantitative estimate of drug-likeness (QED) is 0.430. The molecule has 1 heterocycles. The average molecular weight is 294 g/mol. The molecule has 1 aromatic rings. The van der Waals surface area contributed by atoms with Crippen LogP contribution in [0.1, 0.15) is 76.8 Å². The van der Waals surface area contributed by atoms with Gasteiger partial charge in [-0.1, -0.05) is 64.7 Å². The third kappa shape index (κ3) is 6.65. The van der Waals surface area contributed by atoms with E-state index in [2.05, 4.69) is 11.9 Å². The van der Waals surface area contributed by atoms with E-state index < -0.39 is 0 Å². The van der Waals surface area contributed by atoms with Crippen LogP contribution in [0.15, 0.2) is 6.20 Å². The van der Waals surface area contributed by atoms with Gasteiger partial charge in [0.25, 0.3) is 5.62 Å². The Balaban J connectivity index is 2.10. The van der Waals surface area contributed by atoms with Gasteiger partial charge in [0.1, 0.15) is 0 Å². The number of nitrogens with zero attached hydrogens (tertiary/aromatic N) is 2. The van der Waals surface area contributed by atoms with Gasteiger partial charge >= 0.3 is 0 Å². The van der Waals surface area contributed by atoms with Crippen molar-refractivity contribution in [3.05, 3.63) is 17.5 Å². The first-order valence-corrected chi connectivity index (χ1v) is 8.27. The van der Waals surface area contributed by atoms with Crippen molar-refractivity contribution >= 4 is 5.69 Å². The fourth-order valence-corrected chi connectivity index (χ4v) is 2.54. The maximum absolute atomic E-state index is 9.71. The Kier molecular flexibility index (Phi) is 8.55. The molecule has 0 atom stereocenters. The third-order valence-electron chi connectivity index (χ3n) is 3.88. The van der Waals surface area contributed by atoms with E-state index in [1.54, 1.807) is 0 Å². The van der Waals surface area contributed by atoms with Crippen LogP contribution in [-0.2, 0) is 6.42 Å². The minimum atomic E-state index is -0.161. The summed E-state index contributed by atoms with van der Waals surface area (Å²) in [4.78, 5) is 3.69. The van der Waals surface area contributed by atoms with Crippen molar-refractivity contribution in [3.8, 4) is 0 Å². The molecule has 0 amide bonds. The van der Waals surface area contributed by atoms with E-state index in [4.69, 9.17) is 11.1 Å². The molecule has 1 rings (SSSR count). The Morgan fingerprint density at radius 2 is 1.57 bits per heavy atom. The van der Waals surface area contributed by atoms with Gasteiger partial charge in [0, 0.05) is 0 Å². The van der Waals surface area contributed by atoms with Crippen molar-refractivity contribution in [1.82, 2.24) is 9.71 Å². The van der Waals surface area contributed by atoms with Crippen LogP contribution >= 0.6 is 0 Å². The van der Waals surface area contributed by atoms with Gasteiger partial charge in [-0.2, -0.15) is 4.73 Å². The van der Waals surface area contributed by atoms with Crippen molar-refractivity contribution < 1.29 is 5.21 Å². The van der Waals surface area contributed by atoms with Crippen molar-refractivity contribution in [2.75, 3.05) is 5.73 Å². The van der Waals surface area contributed by atoms with Gasteiger partial charge in [-0.15, -0.1) is 0 Å². The summed E-state index contributed by atoms with van der Waals surface area (Å²) in [6.07, 6.45) is 14.9. The summed E-state index contributed by atoms with van der Waals surface area (Å²) in [7, 11) is 0. The minimum Gasteiger partial charge on any atom is -0.425 e. The van der Waals surface area contributed by atoms with Gasteiger partial charge in [-0.3, -0.25) is 5.41 Å². The maximum Gasteiger partial charge on any atom is 0.255 e. The van der Waals surface area contributed by atoms with E-state index in [1.807, 2.05) is 0 Å². The standard InChI is InChI=1S/C16H30N4O/c1-2-3-4-5-6-7-8-9-10-11-12-15-14(17)13-19-16(18)20(15)21/h13,18,21H,2-12,17H2,1H3. The van der Waals surface area contributed by atoms with E-state index in [0.29, 0.717) is 17.8 Å². The monoisotopic (exact) mass is 294 g/mol. The first kappa shape index (κ1) is 17.5. The molecule has 0 saturated carbocycles. The highest BCUT2D eigenvalue weighted by atomic mass is 16.5. The Hall–Kier alpha value is -1.52. The van der Waals surface area contributed by atoms with E-state index >= 15 is 0 Å². The molecule has 120 valence electrons. The summed E-state index contributed by atoms with van der Waals surface area (Å²) in [6.45, 7) is 2.25. The van der Waals surface area contributed by atoms with Gasteiger partial charge in [0.15, 0.2) is 0 Å². The molecular weight excluding hydrogens is 264 g/mol. The van der Waals surface area contributed by atoms with E-state index in [-0.39, 0.29) is 5.62 Å². The maximum atomic E-state index is 9.71. The predicted molar refractivity (Wildman–Crippen MR) is 85.2 cm³/mol. The Morgan fingerprint density at radius 1 is 1.05 bits per heavy atom. The second kappa shape index (κ2) is 10.2. The lowest BCUT2D eigenvalue weighted by molar-refractivity contribution is 0.155. The molecule has 4 N–H and O–H groups in total. The van der Waals surface area contributed by atoms with Crippen LogP contribution in [0.25, 0.3) is 0 Å². The predicted octanol–water partition coefficient (Wildman–Crippen LogP) is 3.65. The Morgan fingerprint density at radius 3 is 2.14 bits per heavy atom. The van der Waals surface area contributed by atoms with E-state index in [0.717, 1.165) is 17.6 Å². The first-order valence-electron chi connectivity index (χ1n) is 8.27. The van der Waals surface area contributed by atoms with E-state index in [1.165, 1.54) is 57.6 Å². The molecule has 0 aliphatic heterocycles. The highest BCUT2D eigenvalue weighted by Crippen LogP contribution is 2.14. The third-order valence-corrected chi connectivity index (χ3v) is 3.88. The summed E-state index contributed by atoms with van der Waals surface area (Å²) in [6, 6.07) is 0. The number of anilines is 1. The summed E-state index contributed by atoms with van der Waals surface area (Å²) in [5.74, 6) is 0. The summed E-state index contributed by atoms with van der Waals surface area (Å²) in [5.41, 5.74) is 6.69. The molecule has 21 heavy (non-hydrogen) atoms. The van der Waals surface area contributed by atoms with Gasteiger partial charge in [-0.25, -0.2) is 4.98 Å². The lowest BCUT2D eigenvalue weighted by atomic mass is 10.0. The zero-order valence-electron chi connectivity index (χ0n) is 13.3. The fourth-order valence-electron chi connectivity index (χ4n) is 2.54. The number of unbranched alkanes of at least 4 members (excludes halogenated alkanes) is 9. The summed E-state index contributed by atoms with van der Waals surface area (Å²) < 4.78 is 0.795. The zero-order valence-corrected chi connectivity index (χ0v) is 13.3. The largest absolute Gasteiger partial charge is 0.425 e. The number of nitrogens with two attached hydrogens (primary N) is 1. The number of aromatic nitrogens is 2. The Labute approximate surface area is 127 Å². The second-order valence-electron chi connectivity index (χ2n) is 5.73. The summed E-state index contributed by atoms with van der Waals surface area (Å²) >= 11 is 0. The highest BCUT2D eigenvalue weighted by Gasteiger charge is 2.06. The van der Waals surface area contributed by atoms with Crippen molar-refractivity contribution in [2.45, 2.75) is 77.6 Å². The molecule has 5 nitrogen and oxygen atoms in total. The van der Waals surface area contributed by atoms with Crippen LogP contribution in [0.3, 0.4) is 0 Å². The second-order valence-corrected chi connectivity index (χ2v) is 5.73. The molecule has 0 radical (unpaired) electrons. The number of hydrogen-bond acceptors (Lipinski definition) is 4. The van der Waals surface area contributed by atoms with Crippen LogP contribution in [0.5, 0.6) is 0 Å². The van der Waals surface area contributed by atoms with E-state index in [9.17, 15) is 5.21 Å². The van der Waals surface area contributed by atoms with Gasteiger partial charge in [0.05, 0.1) is 17.6 Å². The van der Waals surface area contributed by atoms with Crippen molar-refractivity contribution in [3.63, 3.8) is 0 Å². The minimum absolute atomic E-state index is 0.161. The van der Waals surface area contributed by atoms with Crippen LogP contribution in [0, 0.1) is 5.41 Å². The van der Waals surface area contributed by atoms with Crippen LogP contribution in [-0.4, -0.2) is 14.9 Å². The lowest BCUT2D eigenvalue weighted by Gasteiger charge is -2.09. The molecular formula is C16H30N4O. The summed E-state index contributed by atoms with van der Waals surface area (Å²) in [5, 5.41) is 17.2. The number of rotatable bonds is 11. The molecule has 0 aliphatic carbocycles. The number of nitrogens with one attached hydrogen (secondary N) is 1. The number of nitrogen functional groups attached to an aromatic ring is 1. The average Bonchev–Trinajstić information content (AvgIpc) is 2.48. The molecule has 0 saturated heterocycles. The SMILES string of the molecule is CCCCCCCCCCCCc1c(N)cnc(=N)n1O. The van der Waals surface area contributed by atoms with Gasteiger partial charge < -0.3 is 10.9 Å². The molecule has 5 heteroatoms. The van der Waals surface area contributed by atoms with Crippen LogP contribution in [0.2, 0.25) is 0 Å². The topological polar surface area (TPSA) is 87.9 Å². The van der Waals surface area contributed by atoms with Crippen molar-refractivity contribution in [2.24, 2.45) is 0 Å². The van der Waals surface area contributed by atoms with Crippen LogP contribution < -0.4 is 11.4 Å². The highest BCUT2D eigenvalue weighted by molar-refractivity contribution is 5.39. The fraction of sp³-hybridized carbons (Fsp3) is 0.750. The van der Waals surface area contributed by atoms with Gasteiger partial charge in [0.2, 0.25) is 0 Å². The zero-order chi connectivity index (χ0) is 15.5. The van der Waals surface area contributed by atoms with Crippen molar-refractivity contribution in [1.29, 1.82) is 5.41 Å². The van der Waals surface area contributed by atoms with Crippen LogP contribution in [0.4, 0.5) is 5.69 Å². The molecule has 0 fully saturated rings. The molecule has 0 bridgehead atoms. The number of hydrogen-bond donors (Lipinski definition) is 3. The molecule has 0 aliphatic rings. The first-order chi connectivity index (χ1) is 10.2. The smallest absolute Gasteiger partial charge is 0.255 e. The normalized spacial score (nSPS) is 10.9.